The third-order valence-corrected chi connectivity index (χ3v) is 4.59. The van der Waals surface area contributed by atoms with Crippen LogP contribution in [0.3, 0.4) is 0 Å². The van der Waals surface area contributed by atoms with Crippen molar-refractivity contribution in [2.45, 2.75) is 44.9 Å². The molecule has 0 unspecified atom stereocenters. The molecule has 3 amide bonds. The normalized spacial score (nSPS) is 19.0. The maximum absolute atomic E-state index is 11.5. The zero-order chi connectivity index (χ0) is 16.5. The molecule has 0 radical (unpaired) electrons. The first-order valence-corrected chi connectivity index (χ1v) is 8.73. The van der Waals surface area contributed by atoms with Gasteiger partial charge in [-0.3, -0.25) is 14.7 Å². The van der Waals surface area contributed by atoms with Crippen LogP contribution in [-0.4, -0.2) is 56.0 Å². The van der Waals surface area contributed by atoms with Gasteiger partial charge in [-0.1, -0.05) is 32.1 Å². The van der Waals surface area contributed by atoms with Crippen LogP contribution in [0, 0.1) is 5.92 Å². The van der Waals surface area contributed by atoms with Crippen LogP contribution >= 0.6 is 24.0 Å². The minimum Gasteiger partial charge on any atom is -0.356 e. The fourth-order valence-corrected chi connectivity index (χ4v) is 3.26. The predicted molar refractivity (Wildman–Crippen MR) is 106 cm³/mol. The summed E-state index contributed by atoms with van der Waals surface area (Å²) in [5, 5.41) is 8.94. The van der Waals surface area contributed by atoms with E-state index in [0.717, 1.165) is 24.8 Å². The van der Waals surface area contributed by atoms with Crippen LogP contribution < -0.4 is 16.0 Å². The molecule has 7 nitrogen and oxygen atoms in total. The molecule has 0 aromatic heterocycles. The molecule has 138 valence electrons. The molecule has 1 saturated heterocycles. The third kappa shape index (κ3) is 6.82. The summed E-state index contributed by atoms with van der Waals surface area (Å²) < 4.78 is 0. The highest BCUT2D eigenvalue weighted by Crippen LogP contribution is 2.26. The predicted octanol–water partition coefficient (Wildman–Crippen LogP) is 1.68. The number of guanidine groups is 1. The van der Waals surface area contributed by atoms with Crippen molar-refractivity contribution in [1.82, 2.24) is 20.9 Å². The van der Waals surface area contributed by atoms with Crippen LogP contribution in [0.1, 0.15) is 44.9 Å². The van der Waals surface area contributed by atoms with Crippen LogP contribution in [0.2, 0.25) is 0 Å². The molecule has 1 saturated carbocycles. The summed E-state index contributed by atoms with van der Waals surface area (Å²) in [6.45, 7) is 1.86. The fraction of sp³-hybridized carbons (Fsp3) is 0.812. The number of amides is 3. The maximum atomic E-state index is 11.5. The Balaban J connectivity index is 0.00000288. The summed E-state index contributed by atoms with van der Waals surface area (Å²) in [6, 6.07) is -0.313. The molecule has 1 heterocycles. The van der Waals surface area contributed by atoms with Gasteiger partial charge in [0, 0.05) is 26.7 Å². The van der Waals surface area contributed by atoms with Gasteiger partial charge >= 0.3 is 6.03 Å². The van der Waals surface area contributed by atoms with E-state index in [9.17, 15) is 9.59 Å². The van der Waals surface area contributed by atoms with Gasteiger partial charge in [0.2, 0.25) is 5.91 Å². The lowest BCUT2D eigenvalue weighted by molar-refractivity contribution is -0.124. The first-order chi connectivity index (χ1) is 11.2. The highest BCUT2D eigenvalue weighted by molar-refractivity contribution is 14.0. The van der Waals surface area contributed by atoms with E-state index in [1.54, 1.807) is 7.05 Å². The Bertz CT molecular complexity index is 422. The monoisotopic (exact) mass is 451 g/mol. The Kier molecular flexibility index (Phi) is 10.0. The molecule has 0 atom stereocenters. The highest BCUT2D eigenvalue weighted by atomic mass is 127. The van der Waals surface area contributed by atoms with Crippen LogP contribution in [0.5, 0.6) is 0 Å². The Labute approximate surface area is 161 Å². The molecule has 0 aromatic rings. The Morgan fingerprint density at radius 2 is 1.92 bits per heavy atom. The van der Waals surface area contributed by atoms with E-state index in [1.165, 1.54) is 43.4 Å². The molecule has 2 fully saturated rings. The van der Waals surface area contributed by atoms with Crippen molar-refractivity contribution < 1.29 is 9.59 Å². The van der Waals surface area contributed by atoms with Crippen molar-refractivity contribution in [2.75, 3.05) is 33.2 Å². The van der Waals surface area contributed by atoms with Crippen molar-refractivity contribution in [1.29, 1.82) is 0 Å². The van der Waals surface area contributed by atoms with E-state index in [-0.39, 0.29) is 42.5 Å². The summed E-state index contributed by atoms with van der Waals surface area (Å²) >= 11 is 0. The second-order valence-electron chi connectivity index (χ2n) is 6.28. The summed E-state index contributed by atoms with van der Waals surface area (Å²) in [5.74, 6) is 1.45. The Morgan fingerprint density at radius 3 is 2.54 bits per heavy atom. The molecule has 2 aliphatic rings. The molecule has 0 bridgehead atoms. The van der Waals surface area contributed by atoms with E-state index in [2.05, 4.69) is 20.9 Å². The van der Waals surface area contributed by atoms with Crippen LogP contribution in [0.15, 0.2) is 4.99 Å². The van der Waals surface area contributed by atoms with Crippen molar-refractivity contribution >= 4 is 41.9 Å². The largest absolute Gasteiger partial charge is 0.356 e. The minimum absolute atomic E-state index is 0. The highest BCUT2D eigenvalue weighted by Gasteiger charge is 2.27. The second kappa shape index (κ2) is 11.5. The fourth-order valence-electron chi connectivity index (χ4n) is 3.26. The summed E-state index contributed by atoms with van der Waals surface area (Å²) in [6.07, 6.45) is 9.40. The van der Waals surface area contributed by atoms with Crippen molar-refractivity contribution in [3.8, 4) is 0 Å². The number of rotatable bonds is 7. The van der Waals surface area contributed by atoms with Crippen LogP contribution in [-0.2, 0) is 4.79 Å². The molecule has 1 aliphatic carbocycles. The molecule has 0 spiro atoms. The number of halogens is 1. The topological polar surface area (TPSA) is 85.8 Å². The van der Waals surface area contributed by atoms with Gasteiger partial charge in [0.05, 0.1) is 6.54 Å². The molecule has 8 heteroatoms. The quantitative estimate of drug-likeness (QED) is 0.181. The summed E-state index contributed by atoms with van der Waals surface area (Å²) in [5.41, 5.74) is 0. The standard InChI is InChI=1S/C16H29N5O2.HI/c1-17-15(18-9-5-8-13-6-3-2-4-7-13)19-10-11-21-14(22)12-20-16(21)23;/h13H,2-12H2,1H3,(H,20,23)(H2,17,18,19);1H. The second-order valence-corrected chi connectivity index (χ2v) is 6.28. The van der Waals surface area contributed by atoms with E-state index >= 15 is 0 Å². The van der Waals surface area contributed by atoms with Gasteiger partial charge in [0.1, 0.15) is 0 Å². The van der Waals surface area contributed by atoms with E-state index in [1.807, 2.05) is 0 Å². The molecule has 0 aromatic carbocycles. The van der Waals surface area contributed by atoms with E-state index in [0.29, 0.717) is 13.1 Å². The molecule has 1 aliphatic heterocycles. The van der Waals surface area contributed by atoms with Crippen LogP contribution in [0.4, 0.5) is 4.79 Å². The van der Waals surface area contributed by atoms with Gasteiger partial charge in [-0.15, -0.1) is 24.0 Å². The molecule has 2 rings (SSSR count). The lowest BCUT2D eigenvalue weighted by atomic mass is 9.86. The first-order valence-electron chi connectivity index (χ1n) is 8.73. The molecular formula is C16H30IN5O2. The zero-order valence-corrected chi connectivity index (χ0v) is 16.8. The van der Waals surface area contributed by atoms with Gasteiger partial charge in [-0.05, 0) is 18.8 Å². The SMILES string of the molecule is CN=C(NCCCC1CCCCC1)NCCN1C(=O)CNC1=O.I. The number of carbonyl (C=O) groups excluding carboxylic acids is 2. The number of aliphatic imine (C=N–C) groups is 1. The van der Waals surface area contributed by atoms with E-state index in [4.69, 9.17) is 0 Å². The minimum atomic E-state index is -0.313. The first kappa shape index (κ1) is 21.0. The van der Waals surface area contributed by atoms with Crippen molar-refractivity contribution in [2.24, 2.45) is 10.9 Å². The number of urea groups is 1. The smallest absolute Gasteiger partial charge is 0.324 e. The van der Waals surface area contributed by atoms with Crippen molar-refractivity contribution in [3.63, 3.8) is 0 Å². The zero-order valence-electron chi connectivity index (χ0n) is 14.5. The number of hydrogen-bond acceptors (Lipinski definition) is 3. The third-order valence-electron chi connectivity index (χ3n) is 4.59. The average molecular weight is 451 g/mol. The maximum Gasteiger partial charge on any atom is 0.324 e. The van der Waals surface area contributed by atoms with Gasteiger partial charge in [0.15, 0.2) is 5.96 Å². The average Bonchev–Trinajstić information content (AvgIpc) is 2.89. The number of hydrogen-bond donors (Lipinski definition) is 3. The van der Waals surface area contributed by atoms with E-state index < -0.39 is 0 Å². The van der Waals surface area contributed by atoms with Gasteiger partial charge in [-0.2, -0.15) is 0 Å². The summed E-state index contributed by atoms with van der Waals surface area (Å²) in [4.78, 5) is 28.3. The summed E-state index contributed by atoms with van der Waals surface area (Å²) in [7, 11) is 1.73. The Morgan fingerprint density at radius 1 is 1.21 bits per heavy atom. The molecular weight excluding hydrogens is 421 g/mol. The molecule has 24 heavy (non-hydrogen) atoms. The Hall–Kier alpha value is -1.06. The number of carbonyl (C=O) groups is 2. The van der Waals surface area contributed by atoms with Crippen LogP contribution in [0.25, 0.3) is 0 Å². The number of nitrogens with one attached hydrogen (secondary N) is 3. The van der Waals surface area contributed by atoms with Gasteiger partial charge in [0.25, 0.3) is 0 Å². The van der Waals surface area contributed by atoms with Crippen molar-refractivity contribution in [3.05, 3.63) is 0 Å². The number of nitrogens with zero attached hydrogens (tertiary/aromatic N) is 2. The lowest BCUT2D eigenvalue weighted by Crippen LogP contribution is -2.43. The molecule has 3 N–H and O–H groups in total. The number of imide groups is 1. The van der Waals surface area contributed by atoms with Gasteiger partial charge in [-0.25, -0.2) is 4.79 Å². The lowest BCUT2D eigenvalue weighted by Gasteiger charge is -2.21. The van der Waals surface area contributed by atoms with Gasteiger partial charge < -0.3 is 16.0 Å².